The molecular formula is C16H17N3O2. The highest BCUT2D eigenvalue weighted by atomic mass is 16.5. The second-order valence-corrected chi connectivity index (χ2v) is 4.32. The van der Waals surface area contributed by atoms with Gasteiger partial charge in [0.1, 0.15) is 6.61 Å². The second kappa shape index (κ2) is 7.79. The summed E-state index contributed by atoms with van der Waals surface area (Å²) in [4.78, 5) is 15.6. The Kier molecular flexibility index (Phi) is 5.46. The molecule has 5 nitrogen and oxygen atoms in total. The van der Waals surface area contributed by atoms with Gasteiger partial charge in [-0.15, -0.1) is 0 Å². The molecule has 1 aromatic heterocycles. The highest BCUT2D eigenvalue weighted by Crippen LogP contribution is 2.03. The first-order chi connectivity index (χ1) is 10.3. The summed E-state index contributed by atoms with van der Waals surface area (Å²) in [5.41, 5.74) is 5.04. The van der Waals surface area contributed by atoms with Crippen LogP contribution in [0.1, 0.15) is 24.5 Å². The quantitative estimate of drug-likeness (QED) is 0.677. The predicted octanol–water partition coefficient (Wildman–Crippen LogP) is 3.12. The van der Waals surface area contributed by atoms with Gasteiger partial charge in [-0.05, 0) is 24.1 Å². The van der Waals surface area contributed by atoms with E-state index in [1.165, 1.54) is 0 Å². The lowest BCUT2D eigenvalue weighted by molar-refractivity contribution is 0.140. The van der Waals surface area contributed by atoms with Crippen molar-refractivity contribution in [3.05, 3.63) is 66.0 Å². The fourth-order valence-electron chi connectivity index (χ4n) is 1.76. The van der Waals surface area contributed by atoms with E-state index in [0.29, 0.717) is 6.42 Å². The summed E-state index contributed by atoms with van der Waals surface area (Å²) in [6.07, 6.45) is 3.50. The van der Waals surface area contributed by atoms with E-state index in [9.17, 15) is 4.79 Å². The van der Waals surface area contributed by atoms with E-state index in [1.807, 2.05) is 49.4 Å². The SMILES string of the molecule is CCC(=NNC(=O)OCc1ccccc1)c1ccncc1. The fourth-order valence-corrected chi connectivity index (χ4v) is 1.76. The molecular weight excluding hydrogens is 266 g/mol. The van der Waals surface area contributed by atoms with E-state index in [0.717, 1.165) is 16.8 Å². The molecule has 0 aliphatic rings. The average molecular weight is 283 g/mol. The van der Waals surface area contributed by atoms with E-state index in [2.05, 4.69) is 15.5 Å². The zero-order chi connectivity index (χ0) is 14.9. The Morgan fingerprint density at radius 2 is 1.90 bits per heavy atom. The highest BCUT2D eigenvalue weighted by molar-refractivity contribution is 6.00. The van der Waals surface area contributed by atoms with Gasteiger partial charge in [0.25, 0.3) is 0 Å². The highest BCUT2D eigenvalue weighted by Gasteiger charge is 2.04. The first kappa shape index (κ1) is 14.7. The smallest absolute Gasteiger partial charge is 0.428 e. The monoisotopic (exact) mass is 283 g/mol. The number of aromatic nitrogens is 1. The largest absolute Gasteiger partial charge is 0.443 e. The number of carbonyl (C=O) groups excluding carboxylic acids is 1. The minimum atomic E-state index is -0.571. The van der Waals surface area contributed by atoms with Crippen molar-refractivity contribution < 1.29 is 9.53 Å². The van der Waals surface area contributed by atoms with Crippen LogP contribution in [0.25, 0.3) is 0 Å². The molecule has 0 aliphatic carbocycles. The molecule has 2 rings (SSSR count). The number of amides is 1. The van der Waals surface area contributed by atoms with Gasteiger partial charge in [0, 0.05) is 18.0 Å². The third-order valence-electron chi connectivity index (χ3n) is 2.84. The van der Waals surface area contributed by atoms with Gasteiger partial charge in [0.2, 0.25) is 0 Å². The zero-order valence-corrected chi connectivity index (χ0v) is 11.8. The molecule has 1 heterocycles. The van der Waals surface area contributed by atoms with Gasteiger partial charge in [0.05, 0.1) is 5.71 Å². The van der Waals surface area contributed by atoms with Gasteiger partial charge in [0.15, 0.2) is 0 Å². The molecule has 0 fully saturated rings. The van der Waals surface area contributed by atoms with Crippen LogP contribution in [-0.2, 0) is 11.3 Å². The Hall–Kier alpha value is -2.69. The van der Waals surface area contributed by atoms with E-state index < -0.39 is 6.09 Å². The fraction of sp³-hybridized carbons (Fsp3) is 0.188. The third kappa shape index (κ3) is 4.72. The molecule has 108 valence electrons. The van der Waals surface area contributed by atoms with Crippen molar-refractivity contribution in [2.75, 3.05) is 0 Å². The van der Waals surface area contributed by atoms with Crippen LogP contribution in [0, 0.1) is 0 Å². The van der Waals surface area contributed by atoms with Crippen molar-refractivity contribution in [1.82, 2.24) is 10.4 Å². The third-order valence-corrected chi connectivity index (χ3v) is 2.84. The maximum absolute atomic E-state index is 11.6. The summed E-state index contributed by atoms with van der Waals surface area (Å²) in [5.74, 6) is 0. The topological polar surface area (TPSA) is 63.6 Å². The first-order valence-corrected chi connectivity index (χ1v) is 6.73. The first-order valence-electron chi connectivity index (χ1n) is 6.73. The number of nitrogens with zero attached hydrogens (tertiary/aromatic N) is 2. The lowest BCUT2D eigenvalue weighted by Gasteiger charge is -2.06. The minimum absolute atomic E-state index is 0.221. The Bertz CT molecular complexity index is 597. The van der Waals surface area contributed by atoms with Gasteiger partial charge in [-0.25, -0.2) is 10.2 Å². The lowest BCUT2D eigenvalue weighted by Crippen LogP contribution is -2.21. The molecule has 0 spiro atoms. The molecule has 0 atom stereocenters. The van der Waals surface area contributed by atoms with Crippen molar-refractivity contribution in [1.29, 1.82) is 0 Å². The number of hydrogen-bond acceptors (Lipinski definition) is 4. The zero-order valence-electron chi connectivity index (χ0n) is 11.8. The van der Waals surface area contributed by atoms with Crippen molar-refractivity contribution in [2.24, 2.45) is 5.10 Å². The van der Waals surface area contributed by atoms with E-state index >= 15 is 0 Å². The van der Waals surface area contributed by atoms with Gasteiger partial charge >= 0.3 is 6.09 Å². The predicted molar refractivity (Wildman–Crippen MR) is 80.8 cm³/mol. The van der Waals surface area contributed by atoms with Crippen molar-refractivity contribution in [3.63, 3.8) is 0 Å². The second-order valence-electron chi connectivity index (χ2n) is 4.32. The maximum Gasteiger partial charge on any atom is 0.428 e. The number of hydrazone groups is 1. The normalized spacial score (nSPS) is 11.0. The number of hydrogen-bond donors (Lipinski definition) is 1. The Balaban J connectivity index is 1.88. The Morgan fingerprint density at radius 1 is 1.19 bits per heavy atom. The molecule has 0 unspecified atom stereocenters. The maximum atomic E-state index is 11.6. The summed E-state index contributed by atoms with van der Waals surface area (Å²) in [5, 5.41) is 4.09. The van der Waals surface area contributed by atoms with Crippen LogP contribution in [0.15, 0.2) is 60.0 Å². The molecule has 1 N–H and O–H groups in total. The molecule has 0 saturated carbocycles. The van der Waals surface area contributed by atoms with Crippen molar-refractivity contribution in [2.45, 2.75) is 20.0 Å². The van der Waals surface area contributed by atoms with Gasteiger partial charge in [-0.3, -0.25) is 4.98 Å². The summed E-state index contributed by atoms with van der Waals surface area (Å²) >= 11 is 0. The van der Waals surface area contributed by atoms with Crippen molar-refractivity contribution >= 4 is 11.8 Å². The number of benzene rings is 1. The molecule has 0 radical (unpaired) electrons. The van der Waals surface area contributed by atoms with Gasteiger partial charge < -0.3 is 4.74 Å². The molecule has 21 heavy (non-hydrogen) atoms. The molecule has 0 saturated heterocycles. The number of rotatable bonds is 5. The standard InChI is InChI=1S/C16H17N3O2/c1-2-15(14-8-10-17-11-9-14)18-19-16(20)21-12-13-6-4-3-5-7-13/h3-11H,2,12H2,1H3,(H,19,20). The molecule has 5 heteroatoms. The molecule has 0 aliphatic heterocycles. The van der Waals surface area contributed by atoms with Gasteiger partial charge in [-0.1, -0.05) is 37.3 Å². The van der Waals surface area contributed by atoms with Crippen molar-refractivity contribution in [3.8, 4) is 0 Å². The number of nitrogens with one attached hydrogen (secondary N) is 1. The molecule has 1 aromatic carbocycles. The van der Waals surface area contributed by atoms with Crippen LogP contribution in [0.3, 0.4) is 0 Å². The van der Waals surface area contributed by atoms with E-state index in [-0.39, 0.29) is 6.61 Å². The van der Waals surface area contributed by atoms with Gasteiger partial charge in [-0.2, -0.15) is 5.10 Å². The summed E-state index contributed by atoms with van der Waals surface area (Å²) in [6.45, 7) is 2.19. The van der Waals surface area contributed by atoms with E-state index in [4.69, 9.17) is 4.74 Å². The van der Waals surface area contributed by atoms with E-state index in [1.54, 1.807) is 12.4 Å². The van der Waals surface area contributed by atoms with Crippen LogP contribution in [0.2, 0.25) is 0 Å². The van der Waals surface area contributed by atoms with Crippen LogP contribution in [0.4, 0.5) is 4.79 Å². The lowest BCUT2D eigenvalue weighted by atomic mass is 10.1. The van der Waals surface area contributed by atoms with Crippen LogP contribution in [-0.4, -0.2) is 16.8 Å². The summed E-state index contributed by atoms with van der Waals surface area (Å²) in [6, 6.07) is 13.2. The Labute approximate surface area is 123 Å². The molecule has 0 bridgehead atoms. The molecule has 1 amide bonds. The average Bonchev–Trinajstić information content (AvgIpc) is 2.55. The molecule has 2 aromatic rings. The summed E-state index contributed by atoms with van der Waals surface area (Å²) < 4.78 is 5.09. The summed E-state index contributed by atoms with van der Waals surface area (Å²) in [7, 11) is 0. The number of carbonyl (C=O) groups is 1. The number of pyridine rings is 1. The van der Waals surface area contributed by atoms with Crippen LogP contribution < -0.4 is 5.43 Å². The Morgan fingerprint density at radius 3 is 2.57 bits per heavy atom. The number of ether oxygens (including phenoxy) is 1. The minimum Gasteiger partial charge on any atom is -0.443 e. The van der Waals surface area contributed by atoms with Crippen LogP contribution >= 0.6 is 0 Å². The van der Waals surface area contributed by atoms with Crippen LogP contribution in [0.5, 0.6) is 0 Å².